The predicted octanol–water partition coefficient (Wildman–Crippen LogP) is 0.744. The maximum absolute atomic E-state index is 13.4. The van der Waals surface area contributed by atoms with Gasteiger partial charge in [-0.3, -0.25) is 14.4 Å². The summed E-state index contributed by atoms with van der Waals surface area (Å²) in [5, 5.41) is 5.36. The molecule has 12 heteroatoms. The van der Waals surface area contributed by atoms with Crippen molar-refractivity contribution >= 4 is 27.7 Å². The van der Waals surface area contributed by atoms with E-state index in [1.807, 2.05) is 0 Å². The minimum atomic E-state index is -4.06. The smallest absolute Gasteiger partial charge is 0.254 e. The van der Waals surface area contributed by atoms with Crippen LogP contribution < -0.4 is 15.4 Å². The summed E-state index contributed by atoms with van der Waals surface area (Å²) in [6.07, 6.45) is 1.12. The van der Waals surface area contributed by atoms with Crippen LogP contribution in [0.25, 0.3) is 0 Å². The third kappa shape index (κ3) is 5.34. The molecule has 0 saturated carbocycles. The van der Waals surface area contributed by atoms with Gasteiger partial charge in [-0.2, -0.15) is 4.31 Å². The van der Waals surface area contributed by atoms with Crippen molar-refractivity contribution in [2.24, 2.45) is 0 Å². The second kappa shape index (κ2) is 10.6. The number of piperidine rings is 1. The van der Waals surface area contributed by atoms with E-state index in [4.69, 9.17) is 4.74 Å². The lowest BCUT2D eigenvalue weighted by Crippen LogP contribution is -2.63. The number of hydrogen-bond donors (Lipinski definition) is 2. The number of rotatable bonds is 6. The zero-order valence-corrected chi connectivity index (χ0v) is 20.5. The van der Waals surface area contributed by atoms with E-state index < -0.39 is 39.7 Å². The van der Waals surface area contributed by atoms with Gasteiger partial charge in [-0.15, -0.1) is 0 Å². The van der Waals surface area contributed by atoms with Gasteiger partial charge in [0.25, 0.3) is 5.91 Å². The van der Waals surface area contributed by atoms with Crippen molar-refractivity contribution in [3.05, 3.63) is 59.9 Å². The number of ether oxygens (including phenoxy) is 1. The van der Waals surface area contributed by atoms with E-state index in [1.54, 1.807) is 24.3 Å². The largest absolute Gasteiger partial charge is 0.497 e. The first kappa shape index (κ1) is 25.6. The van der Waals surface area contributed by atoms with E-state index in [2.05, 4.69) is 10.6 Å². The lowest BCUT2D eigenvalue weighted by Gasteiger charge is -2.40. The number of carbonyl (C=O) groups is 3. The maximum Gasteiger partial charge on any atom is 0.254 e. The van der Waals surface area contributed by atoms with Gasteiger partial charge in [0.2, 0.25) is 21.8 Å². The molecule has 10 nitrogen and oxygen atoms in total. The first-order valence-electron chi connectivity index (χ1n) is 11.5. The molecule has 36 heavy (non-hydrogen) atoms. The van der Waals surface area contributed by atoms with Crippen LogP contribution in [-0.4, -0.2) is 80.7 Å². The molecule has 0 bridgehead atoms. The van der Waals surface area contributed by atoms with E-state index in [0.717, 1.165) is 28.6 Å². The number of halogens is 1. The molecule has 2 atom stereocenters. The van der Waals surface area contributed by atoms with Gasteiger partial charge in [0.1, 0.15) is 23.7 Å². The van der Waals surface area contributed by atoms with Crippen LogP contribution in [0.3, 0.4) is 0 Å². The van der Waals surface area contributed by atoms with Crippen LogP contribution in [0.2, 0.25) is 0 Å². The highest BCUT2D eigenvalue weighted by Crippen LogP contribution is 2.23. The summed E-state index contributed by atoms with van der Waals surface area (Å²) in [5.41, 5.74) is 0.304. The number of carbonyl (C=O) groups excluding carboxylic acids is 3. The molecule has 2 aromatic carbocycles. The van der Waals surface area contributed by atoms with Gasteiger partial charge >= 0.3 is 0 Å². The average molecular weight is 519 g/mol. The third-order valence-corrected chi connectivity index (χ3v) is 8.18. The van der Waals surface area contributed by atoms with Crippen molar-refractivity contribution in [2.45, 2.75) is 29.8 Å². The van der Waals surface area contributed by atoms with E-state index >= 15 is 0 Å². The molecule has 192 valence electrons. The van der Waals surface area contributed by atoms with Crippen LogP contribution >= 0.6 is 0 Å². The SMILES string of the molecule is COc1ccc(C(=O)N2CCN(S(=O)(=O)c3ccc(F)cc3)CC2C(=O)NC2CCCNC2=O)cc1. The minimum Gasteiger partial charge on any atom is -0.497 e. The highest BCUT2D eigenvalue weighted by Gasteiger charge is 2.41. The summed E-state index contributed by atoms with van der Waals surface area (Å²) in [6, 6.07) is 8.80. The number of amides is 3. The van der Waals surface area contributed by atoms with E-state index in [9.17, 15) is 27.2 Å². The third-order valence-electron chi connectivity index (χ3n) is 6.30. The Hall–Kier alpha value is -3.51. The van der Waals surface area contributed by atoms with Gasteiger partial charge in [-0.25, -0.2) is 12.8 Å². The Balaban J connectivity index is 1.60. The minimum absolute atomic E-state index is 0.0553. The Kier molecular flexibility index (Phi) is 7.55. The van der Waals surface area contributed by atoms with Crippen LogP contribution in [-0.2, 0) is 19.6 Å². The van der Waals surface area contributed by atoms with Crippen LogP contribution in [0, 0.1) is 5.82 Å². The standard InChI is InChI=1S/C24H27FN4O6S/c1-35-18-8-4-16(5-9-18)24(32)29-14-13-28(36(33,34)19-10-6-17(25)7-11-19)15-21(29)23(31)27-20-3-2-12-26-22(20)30/h4-11,20-21H,2-3,12-15H2,1H3,(H,26,30)(H,27,31). The topological polar surface area (TPSA) is 125 Å². The fourth-order valence-corrected chi connectivity index (χ4v) is 5.71. The van der Waals surface area contributed by atoms with Crippen LogP contribution in [0.15, 0.2) is 53.4 Å². The molecule has 2 saturated heterocycles. The van der Waals surface area contributed by atoms with Crippen molar-refractivity contribution in [2.75, 3.05) is 33.3 Å². The van der Waals surface area contributed by atoms with Crippen LogP contribution in [0.1, 0.15) is 23.2 Å². The van der Waals surface area contributed by atoms with Crippen molar-refractivity contribution in [3.63, 3.8) is 0 Å². The lowest BCUT2D eigenvalue weighted by atomic mass is 10.0. The number of sulfonamides is 1. The number of nitrogens with one attached hydrogen (secondary N) is 2. The molecular formula is C24H27FN4O6S. The second-order valence-corrected chi connectivity index (χ2v) is 10.5. The predicted molar refractivity (Wildman–Crippen MR) is 127 cm³/mol. The van der Waals surface area contributed by atoms with Crippen molar-refractivity contribution in [1.82, 2.24) is 19.8 Å². The molecule has 2 aliphatic heterocycles. The molecule has 2 aliphatic rings. The molecular weight excluding hydrogens is 491 g/mol. The molecule has 4 rings (SSSR count). The normalized spacial score (nSPS) is 20.9. The summed E-state index contributed by atoms with van der Waals surface area (Å²) < 4.78 is 46.0. The molecule has 2 fully saturated rings. The van der Waals surface area contributed by atoms with Gasteiger partial charge in [0.05, 0.1) is 12.0 Å². The van der Waals surface area contributed by atoms with Gasteiger partial charge in [0.15, 0.2) is 0 Å². The highest BCUT2D eigenvalue weighted by molar-refractivity contribution is 7.89. The Morgan fingerprint density at radius 3 is 2.42 bits per heavy atom. The number of benzene rings is 2. The molecule has 0 radical (unpaired) electrons. The molecule has 0 spiro atoms. The van der Waals surface area contributed by atoms with Gasteiger partial charge < -0.3 is 20.3 Å². The number of piperazine rings is 1. The van der Waals surface area contributed by atoms with E-state index in [0.29, 0.717) is 30.7 Å². The quantitative estimate of drug-likeness (QED) is 0.581. The van der Waals surface area contributed by atoms with Gasteiger partial charge in [-0.05, 0) is 61.4 Å². The Bertz CT molecular complexity index is 1240. The van der Waals surface area contributed by atoms with E-state index in [-0.39, 0.29) is 30.4 Å². The molecule has 2 N–H and O–H groups in total. The van der Waals surface area contributed by atoms with Gasteiger partial charge in [-0.1, -0.05) is 0 Å². The van der Waals surface area contributed by atoms with Crippen LogP contribution in [0.5, 0.6) is 5.75 Å². The monoisotopic (exact) mass is 518 g/mol. The second-order valence-electron chi connectivity index (χ2n) is 8.55. The van der Waals surface area contributed by atoms with E-state index in [1.165, 1.54) is 12.0 Å². The van der Waals surface area contributed by atoms with Gasteiger partial charge in [0, 0.05) is 31.7 Å². The van der Waals surface area contributed by atoms with Crippen LogP contribution in [0.4, 0.5) is 4.39 Å². The summed E-state index contributed by atoms with van der Waals surface area (Å²) >= 11 is 0. The molecule has 2 aromatic rings. The first-order valence-corrected chi connectivity index (χ1v) is 12.9. The summed E-state index contributed by atoms with van der Waals surface area (Å²) in [4.78, 5) is 40.1. The molecule has 3 amide bonds. The zero-order chi connectivity index (χ0) is 25.9. The molecule has 0 aliphatic carbocycles. The lowest BCUT2D eigenvalue weighted by molar-refractivity contribution is -0.133. The maximum atomic E-state index is 13.4. The first-order chi connectivity index (χ1) is 17.2. The fourth-order valence-electron chi connectivity index (χ4n) is 4.28. The molecule has 0 aromatic heterocycles. The van der Waals surface area contributed by atoms with Crippen molar-refractivity contribution in [3.8, 4) is 5.75 Å². The Morgan fingerprint density at radius 1 is 1.08 bits per heavy atom. The van der Waals surface area contributed by atoms with Crippen molar-refractivity contribution in [1.29, 1.82) is 0 Å². The Labute approximate surface area is 208 Å². The number of hydrogen-bond acceptors (Lipinski definition) is 6. The summed E-state index contributed by atoms with van der Waals surface area (Å²) in [7, 11) is -2.56. The Morgan fingerprint density at radius 2 is 1.78 bits per heavy atom. The summed E-state index contributed by atoms with van der Waals surface area (Å²) in [6.45, 7) is 0.0811. The molecule has 2 heterocycles. The van der Waals surface area contributed by atoms with Crippen molar-refractivity contribution < 1.29 is 31.9 Å². The molecule has 2 unspecified atom stereocenters. The number of nitrogens with zero attached hydrogens (tertiary/aromatic N) is 2. The summed E-state index contributed by atoms with van der Waals surface area (Å²) in [5.74, 6) is -1.43. The average Bonchev–Trinajstić information content (AvgIpc) is 2.89. The number of methoxy groups -OCH3 is 1. The fraction of sp³-hybridized carbons (Fsp3) is 0.375. The zero-order valence-electron chi connectivity index (χ0n) is 19.6. The highest BCUT2D eigenvalue weighted by atomic mass is 32.2.